The molecule has 0 atom stereocenters. The van der Waals surface area contributed by atoms with Crippen molar-refractivity contribution in [3.8, 4) is 0 Å². The zero-order valence-electron chi connectivity index (χ0n) is 7.08. The Hall–Kier alpha value is -0.160. The summed E-state index contributed by atoms with van der Waals surface area (Å²) in [5, 5.41) is 18.5. The van der Waals surface area contributed by atoms with Crippen LogP contribution in [0.15, 0.2) is 0 Å². The Morgan fingerprint density at radius 3 is 2.36 bits per heavy atom. The van der Waals surface area contributed by atoms with Crippen LogP contribution in [-0.2, 0) is 0 Å². The van der Waals surface area contributed by atoms with Crippen molar-refractivity contribution in [1.29, 1.82) is 0 Å². The normalized spacial score (nSPS) is 10.9. The Balaban J connectivity index is 2.89. The van der Waals surface area contributed by atoms with Gasteiger partial charge >= 0.3 is 0 Å². The van der Waals surface area contributed by atoms with Crippen molar-refractivity contribution in [2.24, 2.45) is 0 Å². The number of nitrogens with zero attached hydrogens (tertiary/aromatic N) is 1. The summed E-state index contributed by atoms with van der Waals surface area (Å²) in [5.74, 6) is 0. The second-order valence-corrected chi connectivity index (χ2v) is 2.66. The molecule has 0 aliphatic rings. The first kappa shape index (κ1) is 10.8. The van der Waals surface area contributed by atoms with E-state index >= 15 is 0 Å². The molecule has 0 spiro atoms. The molecule has 0 radical (unpaired) electrons. The van der Waals surface area contributed by atoms with Crippen LogP contribution in [0.1, 0.15) is 25.7 Å². The van der Waals surface area contributed by atoms with Crippen LogP contribution in [0.4, 0.5) is 0 Å². The maximum absolute atomic E-state index is 8.46. The largest absolute Gasteiger partial charge is 0.396 e. The van der Waals surface area contributed by atoms with Crippen LogP contribution in [0.2, 0.25) is 0 Å². The van der Waals surface area contributed by atoms with Crippen molar-refractivity contribution in [3.63, 3.8) is 0 Å². The zero-order valence-corrected chi connectivity index (χ0v) is 7.08. The molecule has 0 saturated carbocycles. The number of hydrogen-bond acceptors (Lipinski definition) is 4. The quantitative estimate of drug-likeness (QED) is 0.374. The highest BCUT2D eigenvalue weighted by atomic mass is 16.5. The molecular formula is C7H18N2O2. The Bertz CT molecular complexity index is 80.8. The Morgan fingerprint density at radius 1 is 1.18 bits per heavy atom. The fourth-order valence-corrected chi connectivity index (χ4v) is 0.864. The number of hydrazine groups is 1. The standard InChI is InChI=1S/C7H18N2O2/c1-9(8-11)6-4-2-3-5-7-10/h8,10-11H,2-7H2,1H3. The number of rotatable bonds is 7. The van der Waals surface area contributed by atoms with Gasteiger partial charge in [0.05, 0.1) is 0 Å². The Labute approximate surface area is 67.8 Å². The van der Waals surface area contributed by atoms with Crippen molar-refractivity contribution in [2.45, 2.75) is 25.7 Å². The Kier molecular flexibility index (Phi) is 7.83. The van der Waals surface area contributed by atoms with Gasteiger partial charge in [-0.15, -0.1) is 5.59 Å². The van der Waals surface area contributed by atoms with E-state index in [1.54, 1.807) is 12.1 Å². The third-order valence-electron chi connectivity index (χ3n) is 1.57. The van der Waals surface area contributed by atoms with Crippen molar-refractivity contribution in [3.05, 3.63) is 0 Å². The molecule has 0 fully saturated rings. The first-order chi connectivity index (χ1) is 5.31. The summed E-state index contributed by atoms with van der Waals surface area (Å²) in [5.41, 5.74) is 2.04. The van der Waals surface area contributed by atoms with Gasteiger partial charge in [0.15, 0.2) is 0 Å². The second-order valence-electron chi connectivity index (χ2n) is 2.66. The molecule has 0 rings (SSSR count). The summed E-state index contributed by atoms with van der Waals surface area (Å²) in [6.07, 6.45) is 4.10. The summed E-state index contributed by atoms with van der Waals surface area (Å²) < 4.78 is 0. The molecule has 4 nitrogen and oxygen atoms in total. The van der Waals surface area contributed by atoms with Gasteiger partial charge in [-0.25, -0.2) is 5.01 Å². The van der Waals surface area contributed by atoms with Crippen molar-refractivity contribution >= 4 is 0 Å². The molecule has 0 bridgehead atoms. The molecule has 3 N–H and O–H groups in total. The fourth-order valence-electron chi connectivity index (χ4n) is 0.864. The highest BCUT2D eigenvalue weighted by Crippen LogP contribution is 1.98. The van der Waals surface area contributed by atoms with Crippen LogP contribution in [0.5, 0.6) is 0 Å². The van der Waals surface area contributed by atoms with Crippen LogP contribution < -0.4 is 5.59 Å². The molecule has 0 aliphatic heterocycles. The first-order valence-corrected chi connectivity index (χ1v) is 4.03. The summed E-state index contributed by atoms with van der Waals surface area (Å²) in [7, 11) is 1.78. The van der Waals surface area contributed by atoms with Gasteiger partial charge in [0.25, 0.3) is 0 Å². The van der Waals surface area contributed by atoms with E-state index < -0.39 is 0 Å². The average Bonchev–Trinajstić information content (AvgIpc) is 2.04. The van der Waals surface area contributed by atoms with Crippen molar-refractivity contribution in [2.75, 3.05) is 20.2 Å². The van der Waals surface area contributed by atoms with Crippen LogP contribution in [0, 0.1) is 0 Å². The van der Waals surface area contributed by atoms with E-state index in [1.807, 2.05) is 5.59 Å². The SMILES string of the molecule is CN(CCCCCCO)NO. The highest BCUT2D eigenvalue weighted by Gasteiger charge is 1.93. The van der Waals surface area contributed by atoms with Crippen LogP contribution in [-0.4, -0.2) is 35.5 Å². The molecule has 0 aromatic heterocycles. The van der Waals surface area contributed by atoms with E-state index in [1.165, 1.54) is 0 Å². The van der Waals surface area contributed by atoms with E-state index in [0.29, 0.717) is 0 Å². The number of nitrogens with one attached hydrogen (secondary N) is 1. The molecule has 68 valence electrons. The molecule has 0 saturated heterocycles. The smallest absolute Gasteiger partial charge is 0.0431 e. The number of aliphatic hydroxyl groups excluding tert-OH is 1. The third kappa shape index (κ3) is 7.74. The monoisotopic (exact) mass is 162 g/mol. The van der Waals surface area contributed by atoms with Gasteiger partial charge in [0.2, 0.25) is 0 Å². The van der Waals surface area contributed by atoms with Gasteiger partial charge in [-0.2, -0.15) is 0 Å². The van der Waals surface area contributed by atoms with Gasteiger partial charge in [0, 0.05) is 20.2 Å². The van der Waals surface area contributed by atoms with Crippen LogP contribution >= 0.6 is 0 Å². The predicted octanol–water partition coefficient (Wildman–Crippen LogP) is 0.365. The van der Waals surface area contributed by atoms with E-state index in [0.717, 1.165) is 32.2 Å². The third-order valence-corrected chi connectivity index (χ3v) is 1.57. The summed E-state index contributed by atoms with van der Waals surface area (Å²) in [6.45, 7) is 1.12. The minimum absolute atomic E-state index is 0.286. The maximum Gasteiger partial charge on any atom is 0.0431 e. The summed E-state index contributed by atoms with van der Waals surface area (Å²) in [6, 6.07) is 0. The average molecular weight is 162 g/mol. The fraction of sp³-hybridized carbons (Fsp3) is 1.00. The van der Waals surface area contributed by atoms with Crippen molar-refractivity contribution in [1.82, 2.24) is 10.6 Å². The van der Waals surface area contributed by atoms with Crippen LogP contribution in [0.3, 0.4) is 0 Å². The minimum atomic E-state index is 0.286. The lowest BCUT2D eigenvalue weighted by atomic mass is 10.2. The Morgan fingerprint density at radius 2 is 1.82 bits per heavy atom. The number of unbranched alkanes of at least 4 members (excludes halogenated alkanes) is 3. The van der Waals surface area contributed by atoms with Gasteiger partial charge in [-0.05, 0) is 12.8 Å². The van der Waals surface area contributed by atoms with Gasteiger partial charge in [-0.3, -0.25) is 0 Å². The van der Waals surface area contributed by atoms with Crippen LogP contribution in [0.25, 0.3) is 0 Å². The van der Waals surface area contributed by atoms with E-state index in [4.69, 9.17) is 10.3 Å². The number of aliphatic hydroxyl groups is 1. The lowest BCUT2D eigenvalue weighted by Gasteiger charge is -2.12. The lowest BCUT2D eigenvalue weighted by Crippen LogP contribution is -2.32. The van der Waals surface area contributed by atoms with Gasteiger partial charge in [-0.1, -0.05) is 12.8 Å². The van der Waals surface area contributed by atoms with Gasteiger partial charge < -0.3 is 10.3 Å². The van der Waals surface area contributed by atoms with Gasteiger partial charge in [0.1, 0.15) is 0 Å². The maximum atomic E-state index is 8.46. The molecule has 0 unspecified atom stereocenters. The molecule has 0 amide bonds. The van der Waals surface area contributed by atoms with Crippen molar-refractivity contribution < 1.29 is 10.3 Å². The molecule has 11 heavy (non-hydrogen) atoms. The summed E-state index contributed by atoms with van der Waals surface area (Å²) >= 11 is 0. The predicted molar refractivity (Wildman–Crippen MR) is 43.1 cm³/mol. The number of hydrogen-bond donors (Lipinski definition) is 3. The summed E-state index contributed by atoms with van der Waals surface area (Å²) in [4.78, 5) is 0. The molecule has 0 aromatic rings. The second kappa shape index (κ2) is 7.94. The van der Waals surface area contributed by atoms with E-state index in [-0.39, 0.29) is 6.61 Å². The van der Waals surface area contributed by atoms with E-state index in [9.17, 15) is 0 Å². The molecule has 0 heterocycles. The topological polar surface area (TPSA) is 55.7 Å². The van der Waals surface area contributed by atoms with E-state index in [2.05, 4.69) is 0 Å². The zero-order chi connectivity index (χ0) is 8.53. The lowest BCUT2D eigenvalue weighted by molar-refractivity contribution is -0.00193. The molecule has 0 aliphatic carbocycles. The molecular weight excluding hydrogens is 144 g/mol. The first-order valence-electron chi connectivity index (χ1n) is 4.03. The highest BCUT2D eigenvalue weighted by molar-refractivity contribution is 4.44. The minimum Gasteiger partial charge on any atom is -0.396 e. The molecule has 4 heteroatoms. The molecule has 0 aromatic carbocycles.